The summed E-state index contributed by atoms with van der Waals surface area (Å²) in [5.41, 5.74) is 1.90. The van der Waals surface area contributed by atoms with E-state index in [0.29, 0.717) is 11.8 Å². The van der Waals surface area contributed by atoms with Crippen LogP contribution in [0.15, 0.2) is 18.2 Å². The maximum absolute atomic E-state index is 9.56. The normalized spacial score (nSPS) is 17.7. The molecule has 0 aromatic heterocycles. The highest BCUT2D eigenvalue weighted by molar-refractivity contribution is 5.51. The fraction of sp³-hybridized carbons (Fsp3) is 0.500. The van der Waals surface area contributed by atoms with Crippen LogP contribution in [0.3, 0.4) is 0 Å². The van der Waals surface area contributed by atoms with Crippen LogP contribution in [0.5, 0.6) is 5.75 Å². The average Bonchev–Trinajstić information content (AvgIpc) is 2.25. The second kappa shape index (κ2) is 4.53. The quantitative estimate of drug-likeness (QED) is 0.781. The summed E-state index contributed by atoms with van der Waals surface area (Å²) in [6.07, 6.45) is 2.07. The second-order valence-electron chi connectivity index (χ2n) is 4.03. The van der Waals surface area contributed by atoms with E-state index in [1.165, 1.54) is 0 Å². The Balaban J connectivity index is 2.00. The number of ether oxygens (including phenoxy) is 1. The molecule has 0 aliphatic carbocycles. The maximum atomic E-state index is 9.56. The number of benzene rings is 1. The lowest BCUT2D eigenvalue weighted by Crippen LogP contribution is -2.27. The van der Waals surface area contributed by atoms with Gasteiger partial charge >= 0.3 is 0 Å². The number of hydrogen-bond acceptors (Lipinski definition) is 3. The Kier molecular flexibility index (Phi) is 3.11. The van der Waals surface area contributed by atoms with E-state index in [4.69, 9.17) is 4.74 Å². The van der Waals surface area contributed by atoms with Gasteiger partial charge in [-0.15, -0.1) is 0 Å². The lowest BCUT2D eigenvalue weighted by atomic mass is 10.1. The SMILES string of the molecule is Cc1ccc(NC2CCOCC2)cc1O. The van der Waals surface area contributed by atoms with Crippen LogP contribution in [0.4, 0.5) is 5.69 Å². The average molecular weight is 207 g/mol. The van der Waals surface area contributed by atoms with E-state index in [1.807, 2.05) is 19.1 Å². The van der Waals surface area contributed by atoms with E-state index >= 15 is 0 Å². The number of nitrogens with one attached hydrogen (secondary N) is 1. The van der Waals surface area contributed by atoms with Crippen molar-refractivity contribution in [2.75, 3.05) is 18.5 Å². The minimum absolute atomic E-state index is 0.354. The number of anilines is 1. The fourth-order valence-electron chi connectivity index (χ4n) is 1.78. The smallest absolute Gasteiger partial charge is 0.120 e. The molecule has 1 aromatic rings. The minimum atomic E-state index is 0.354. The first-order chi connectivity index (χ1) is 7.25. The van der Waals surface area contributed by atoms with Crippen molar-refractivity contribution in [3.8, 4) is 5.75 Å². The summed E-state index contributed by atoms with van der Waals surface area (Å²) in [4.78, 5) is 0. The molecule has 1 aliphatic heterocycles. The molecule has 2 rings (SSSR count). The molecule has 1 fully saturated rings. The van der Waals surface area contributed by atoms with Gasteiger partial charge in [-0.25, -0.2) is 0 Å². The summed E-state index contributed by atoms with van der Waals surface area (Å²) in [5, 5.41) is 13.0. The molecule has 0 amide bonds. The Morgan fingerprint density at radius 1 is 1.33 bits per heavy atom. The molecule has 15 heavy (non-hydrogen) atoms. The molecule has 0 bridgehead atoms. The minimum Gasteiger partial charge on any atom is -0.508 e. The lowest BCUT2D eigenvalue weighted by Gasteiger charge is -2.24. The van der Waals surface area contributed by atoms with Crippen molar-refractivity contribution in [2.24, 2.45) is 0 Å². The molecule has 3 nitrogen and oxygen atoms in total. The van der Waals surface area contributed by atoms with Gasteiger partial charge in [0.1, 0.15) is 5.75 Å². The standard InChI is InChI=1S/C12H17NO2/c1-9-2-3-11(8-12(9)14)13-10-4-6-15-7-5-10/h2-3,8,10,13-14H,4-7H2,1H3. The molecular weight excluding hydrogens is 190 g/mol. The van der Waals surface area contributed by atoms with Gasteiger partial charge in [0.15, 0.2) is 0 Å². The van der Waals surface area contributed by atoms with Crippen molar-refractivity contribution in [2.45, 2.75) is 25.8 Å². The summed E-state index contributed by atoms with van der Waals surface area (Å²) in [7, 11) is 0. The first-order valence-corrected chi connectivity index (χ1v) is 5.39. The van der Waals surface area contributed by atoms with Crippen LogP contribution in [0.2, 0.25) is 0 Å². The van der Waals surface area contributed by atoms with Crippen LogP contribution >= 0.6 is 0 Å². The number of rotatable bonds is 2. The van der Waals surface area contributed by atoms with E-state index in [9.17, 15) is 5.11 Å². The van der Waals surface area contributed by atoms with Crippen molar-refractivity contribution in [3.63, 3.8) is 0 Å². The number of phenolic OH excluding ortho intramolecular Hbond substituents is 1. The summed E-state index contributed by atoms with van der Waals surface area (Å²) in [6.45, 7) is 3.55. The highest BCUT2D eigenvalue weighted by Crippen LogP contribution is 2.22. The summed E-state index contributed by atoms with van der Waals surface area (Å²) in [6, 6.07) is 6.19. The Morgan fingerprint density at radius 2 is 2.07 bits per heavy atom. The molecular formula is C12H17NO2. The van der Waals surface area contributed by atoms with E-state index in [1.54, 1.807) is 6.07 Å². The molecule has 0 atom stereocenters. The molecule has 0 unspecified atom stereocenters. The van der Waals surface area contributed by atoms with Crippen LogP contribution in [-0.4, -0.2) is 24.4 Å². The molecule has 1 aromatic carbocycles. The third-order valence-electron chi connectivity index (χ3n) is 2.80. The van der Waals surface area contributed by atoms with Crippen LogP contribution in [0.25, 0.3) is 0 Å². The van der Waals surface area contributed by atoms with Gasteiger partial charge in [-0.05, 0) is 31.4 Å². The molecule has 1 heterocycles. The molecule has 0 saturated carbocycles. The van der Waals surface area contributed by atoms with E-state index in [-0.39, 0.29) is 0 Å². The predicted molar refractivity (Wildman–Crippen MR) is 60.3 cm³/mol. The Bertz CT molecular complexity index is 332. The van der Waals surface area contributed by atoms with Gasteiger partial charge in [0.25, 0.3) is 0 Å². The molecule has 2 N–H and O–H groups in total. The van der Waals surface area contributed by atoms with Crippen LogP contribution in [0.1, 0.15) is 18.4 Å². The first kappa shape index (κ1) is 10.3. The third-order valence-corrected chi connectivity index (χ3v) is 2.80. The van der Waals surface area contributed by atoms with Gasteiger partial charge in [0.05, 0.1) is 0 Å². The van der Waals surface area contributed by atoms with E-state index < -0.39 is 0 Å². The topological polar surface area (TPSA) is 41.5 Å². The predicted octanol–water partition coefficient (Wildman–Crippen LogP) is 2.29. The maximum Gasteiger partial charge on any atom is 0.120 e. The zero-order chi connectivity index (χ0) is 10.7. The summed E-state index contributed by atoms with van der Waals surface area (Å²) in [5.74, 6) is 0.354. The highest BCUT2D eigenvalue weighted by Gasteiger charge is 2.13. The Hall–Kier alpha value is -1.22. The van der Waals surface area contributed by atoms with Crippen LogP contribution < -0.4 is 5.32 Å². The van der Waals surface area contributed by atoms with Crippen molar-refractivity contribution < 1.29 is 9.84 Å². The van der Waals surface area contributed by atoms with E-state index in [0.717, 1.165) is 37.3 Å². The Morgan fingerprint density at radius 3 is 2.73 bits per heavy atom. The van der Waals surface area contributed by atoms with Crippen LogP contribution in [0, 0.1) is 6.92 Å². The van der Waals surface area contributed by atoms with Gasteiger partial charge in [-0.2, -0.15) is 0 Å². The van der Waals surface area contributed by atoms with Crippen molar-refractivity contribution in [1.82, 2.24) is 0 Å². The molecule has 1 aliphatic rings. The van der Waals surface area contributed by atoms with Gasteiger partial charge < -0.3 is 15.2 Å². The van der Waals surface area contributed by atoms with Crippen molar-refractivity contribution in [1.29, 1.82) is 0 Å². The van der Waals surface area contributed by atoms with Gasteiger partial charge in [0.2, 0.25) is 0 Å². The van der Waals surface area contributed by atoms with Gasteiger partial charge in [-0.3, -0.25) is 0 Å². The Labute approximate surface area is 90.1 Å². The molecule has 0 spiro atoms. The lowest BCUT2D eigenvalue weighted by molar-refractivity contribution is 0.0904. The number of aromatic hydroxyl groups is 1. The molecule has 1 saturated heterocycles. The van der Waals surface area contributed by atoms with E-state index in [2.05, 4.69) is 5.32 Å². The van der Waals surface area contributed by atoms with Gasteiger partial charge in [-0.1, -0.05) is 6.07 Å². The first-order valence-electron chi connectivity index (χ1n) is 5.39. The zero-order valence-corrected chi connectivity index (χ0v) is 8.99. The number of hydrogen-bond donors (Lipinski definition) is 2. The summed E-state index contributed by atoms with van der Waals surface area (Å²) >= 11 is 0. The molecule has 0 radical (unpaired) electrons. The zero-order valence-electron chi connectivity index (χ0n) is 8.99. The molecule has 3 heteroatoms. The van der Waals surface area contributed by atoms with Gasteiger partial charge in [0, 0.05) is 31.0 Å². The van der Waals surface area contributed by atoms with Crippen molar-refractivity contribution >= 4 is 5.69 Å². The largest absolute Gasteiger partial charge is 0.508 e. The van der Waals surface area contributed by atoms with Crippen LogP contribution in [-0.2, 0) is 4.74 Å². The highest BCUT2D eigenvalue weighted by atomic mass is 16.5. The monoisotopic (exact) mass is 207 g/mol. The van der Waals surface area contributed by atoms with Crippen molar-refractivity contribution in [3.05, 3.63) is 23.8 Å². The second-order valence-corrected chi connectivity index (χ2v) is 4.03. The third kappa shape index (κ3) is 2.63. The number of aryl methyl sites for hydroxylation is 1. The molecule has 82 valence electrons. The number of phenols is 1. The fourth-order valence-corrected chi connectivity index (χ4v) is 1.78. The summed E-state index contributed by atoms with van der Waals surface area (Å²) < 4.78 is 5.29.